The Bertz CT molecular complexity index is 1040. The van der Waals surface area contributed by atoms with Crippen molar-refractivity contribution in [2.75, 3.05) is 0 Å². The molecule has 0 spiro atoms. The number of fused-ring (bicyclic) bond motifs is 1. The summed E-state index contributed by atoms with van der Waals surface area (Å²) < 4.78 is 30.8. The summed E-state index contributed by atoms with van der Waals surface area (Å²) >= 11 is 0. The molecule has 5 heteroatoms. The first kappa shape index (κ1) is 18.7. The van der Waals surface area contributed by atoms with Crippen molar-refractivity contribution in [2.45, 2.75) is 45.1 Å². The smallest absolute Gasteiger partial charge is 0.241 e. The fourth-order valence-corrected chi connectivity index (χ4v) is 5.57. The lowest BCUT2D eigenvalue weighted by Gasteiger charge is -2.17. The molecule has 138 valence electrons. The Hall–Kier alpha value is -2.11. The van der Waals surface area contributed by atoms with Crippen LogP contribution in [0.4, 0.5) is 0 Å². The SMILES string of the molecule is Cc1cc(C)c(S(=O)(=O)NC(C)Cc2cn(C)c3ccccc23)c(C)c1. The molecule has 1 N–H and O–H groups in total. The molecule has 3 rings (SSSR count). The maximum Gasteiger partial charge on any atom is 0.241 e. The lowest BCUT2D eigenvalue weighted by Crippen LogP contribution is -2.34. The molecule has 1 heterocycles. The van der Waals surface area contributed by atoms with E-state index in [4.69, 9.17) is 0 Å². The third-order valence-corrected chi connectivity index (χ3v) is 6.63. The zero-order chi connectivity index (χ0) is 19.1. The minimum Gasteiger partial charge on any atom is -0.350 e. The normalized spacial score (nSPS) is 13.3. The van der Waals surface area contributed by atoms with Crippen molar-refractivity contribution in [1.29, 1.82) is 0 Å². The molecule has 0 aliphatic heterocycles. The molecular weight excluding hydrogens is 344 g/mol. The van der Waals surface area contributed by atoms with Crippen molar-refractivity contribution >= 4 is 20.9 Å². The zero-order valence-electron chi connectivity index (χ0n) is 16.0. The standard InChI is InChI=1S/C21H26N2O2S/c1-14-10-15(2)21(16(3)11-14)26(24,25)22-17(4)12-18-13-23(5)20-9-7-6-8-19(18)20/h6-11,13,17,22H,12H2,1-5H3. The number of para-hydroxylation sites is 1. The highest BCUT2D eigenvalue weighted by molar-refractivity contribution is 7.89. The molecule has 0 radical (unpaired) electrons. The average molecular weight is 371 g/mol. The molecule has 4 nitrogen and oxygen atoms in total. The van der Waals surface area contributed by atoms with Crippen LogP contribution in [0.1, 0.15) is 29.2 Å². The Morgan fingerprint density at radius 2 is 1.69 bits per heavy atom. The molecule has 0 aliphatic rings. The number of sulfonamides is 1. The molecule has 1 atom stereocenters. The van der Waals surface area contributed by atoms with Gasteiger partial charge in [-0.2, -0.15) is 0 Å². The van der Waals surface area contributed by atoms with Crippen LogP contribution < -0.4 is 4.72 Å². The van der Waals surface area contributed by atoms with Gasteiger partial charge in [-0.3, -0.25) is 0 Å². The Balaban J connectivity index is 1.86. The van der Waals surface area contributed by atoms with Gasteiger partial charge < -0.3 is 4.57 Å². The van der Waals surface area contributed by atoms with Gasteiger partial charge in [0.15, 0.2) is 0 Å². The first-order chi connectivity index (χ1) is 12.2. The van der Waals surface area contributed by atoms with Gasteiger partial charge >= 0.3 is 0 Å². The van der Waals surface area contributed by atoms with Crippen LogP contribution in [-0.4, -0.2) is 19.0 Å². The molecule has 0 amide bonds. The summed E-state index contributed by atoms with van der Waals surface area (Å²) in [5, 5.41) is 1.17. The quantitative estimate of drug-likeness (QED) is 0.738. The van der Waals surface area contributed by atoms with E-state index < -0.39 is 10.0 Å². The lowest BCUT2D eigenvalue weighted by molar-refractivity contribution is 0.559. The number of benzene rings is 2. The van der Waals surface area contributed by atoms with Crippen LogP contribution in [0.2, 0.25) is 0 Å². The Labute approximate surface area is 155 Å². The van der Waals surface area contributed by atoms with E-state index >= 15 is 0 Å². The number of nitrogens with one attached hydrogen (secondary N) is 1. The summed E-state index contributed by atoms with van der Waals surface area (Å²) in [5.41, 5.74) is 4.95. The van der Waals surface area contributed by atoms with E-state index in [1.165, 1.54) is 5.39 Å². The maximum absolute atomic E-state index is 12.9. The number of hydrogen-bond acceptors (Lipinski definition) is 2. The van der Waals surface area contributed by atoms with Crippen LogP contribution in [0, 0.1) is 20.8 Å². The molecule has 3 aromatic rings. The van der Waals surface area contributed by atoms with E-state index in [1.54, 1.807) is 0 Å². The van der Waals surface area contributed by atoms with Crippen molar-refractivity contribution in [2.24, 2.45) is 7.05 Å². The largest absolute Gasteiger partial charge is 0.350 e. The Kier molecular flexibility index (Phi) is 4.95. The molecule has 0 saturated heterocycles. The van der Waals surface area contributed by atoms with Gasteiger partial charge in [0.1, 0.15) is 0 Å². The first-order valence-corrected chi connectivity index (χ1v) is 10.3. The van der Waals surface area contributed by atoms with Gasteiger partial charge in [-0.25, -0.2) is 13.1 Å². The molecular formula is C21H26N2O2S. The van der Waals surface area contributed by atoms with Crippen molar-refractivity contribution in [3.8, 4) is 0 Å². The van der Waals surface area contributed by atoms with Crippen molar-refractivity contribution in [3.05, 3.63) is 64.8 Å². The summed E-state index contributed by atoms with van der Waals surface area (Å²) in [7, 11) is -1.55. The summed E-state index contributed by atoms with van der Waals surface area (Å²) in [4.78, 5) is 0.396. The second kappa shape index (κ2) is 6.89. The summed E-state index contributed by atoms with van der Waals surface area (Å²) in [6.07, 6.45) is 2.72. The first-order valence-electron chi connectivity index (χ1n) is 8.82. The lowest BCUT2D eigenvalue weighted by atomic mass is 10.1. The highest BCUT2D eigenvalue weighted by atomic mass is 32.2. The molecule has 1 aromatic heterocycles. The van der Waals surface area contributed by atoms with E-state index in [1.807, 2.05) is 59.0 Å². The minimum absolute atomic E-state index is 0.203. The van der Waals surface area contributed by atoms with Crippen LogP contribution in [0.5, 0.6) is 0 Å². The van der Waals surface area contributed by atoms with Gasteiger partial charge in [0.05, 0.1) is 4.90 Å². The number of rotatable bonds is 5. The Morgan fingerprint density at radius 3 is 2.35 bits per heavy atom. The van der Waals surface area contributed by atoms with Crippen LogP contribution >= 0.6 is 0 Å². The second-order valence-electron chi connectivity index (χ2n) is 7.24. The van der Waals surface area contributed by atoms with Gasteiger partial charge in [-0.1, -0.05) is 35.9 Å². The summed E-state index contributed by atoms with van der Waals surface area (Å²) in [6.45, 7) is 7.60. The minimum atomic E-state index is -3.56. The van der Waals surface area contributed by atoms with E-state index in [0.717, 1.165) is 27.8 Å². The number of aromatic nitrogens is 1. The number of hydrogen-bond donors (Lipinski definition) is 1. The van der Waals surface area contributed by atoms with Crippen molar-refractivity contribution in [3.63, 3.8) is 0 Å². The van der Waals surface area contributed by atoms with E-state index in [-0.39, 0.29) is 6.04 Å². The fraction of sp³-hybridized carbons (Fsp3) is 0.333. The van der Waals surface area contributed by atoms with Crippen LogP contribution in [-0.2, 0) is 23.5 Å². The van der Waals surface area contributed by atoms with Crippen molar-refractivity contribution in [1.82, 2.24) is 9.29 Å². The second-order valence-corrected chi connectivity index (χ2v) is 8.89. The number of nitrogens with zero attached hydrogens (tertiary/aromatic N) is 1. The molecule has 26 heavy (non-hydrogen) atoms. The Morgan fingerprint density at radius 1 is 1.08 bits per heavy atom. The number of aryl methyl sites for hydroxylation is 4. The van der Waals surface area contributed by atoms with Crippen LogP contribution in [0.15, 0.2) is 47.5 Å². The third kappa shape index (κ3) is 3.55. The zero-order valence-corrected chi connectivity index (χ0v) is 16.8. The monoisotopic (exact) mass is 370 g/mol. The molecule has 2 aromatic carbocycles. The van der Waals surface area contributed by atoms with E-state index in [2.05, 4.69) is 27.6 Å². The molecule has 0 fully saturated rings. The van der Waals surface area contributed by atoms with Gasteiger partial charge in [-0.05, 0) is 56.9 Å². The van der Waals surface area contributed by atoms with Gasteiger partial charge in [-0.15, -0.1) is 0 Å². The van der Waals surface area contributed by atoms with Crippen molar-refractivity contribution < 1.29 is 8.42 Å². The highest BCUT2D eigenvalue weighted by Crippen LogP contribution is 2.24. The molecule has 1 unspecified atom stereocenters. The fourth-order valence-electron chi connectivity index (χ4n) is 3.87. The average Bonchev–Trinajstić information content (AvgIpc) is 2.82. The van der Waals surface area contributed by atoms with Crippen LogP contribution in [0.25, 0.3) is 10.9 Å². The van der Waals surface area contributed by atoms with Crippen LogP contribution in [0.3, 0.4) is 0 Å². The maximum atomic E-state index is 12.9. The highest BCUT2D eigenvalue weighted by Gasteiger charge is 2.22. The summed E-state index contributed by atoms with van der Waals surface area (Å²) in [6, 6.07) is 11.8. The molecule has 0 bridgehead atoms. The summed E-state index contributed by atoms with van der Waals surface area (Å²) in [5.74, 6) is 0. The third-order valence-electron chi connectivity index (χ3n) is 4.74. The van der Waals surface area contributed by atoms with Gasteiger partial charge in [0, 0.05) is 30.2 Å². The predicted molar refractivity (Wildman–Crippen MR) is 107 cm³/mol. The van der Waals surface area contributed by atoms with E-state index in [0.29, 0.717) is 11.3 Å². The topological polar surface area (TPSA) is 51.1 Å². The van der Waals surface area contributed by atoms with E-state index in [9.17, 15) is 8.42 Å². The predicted octanol–water partition coefficient (Wildman–Crippen LogP) is 4.01. The van der Waals surface area contributed by atoms with Gasteiger partial charge in [0.25, 0.3) is 0 Å². The van der Waals surface area contributed by atoms with Gasteiger partial charge in [0.2, 0.25) is 10.0 Å². The molecule has 0 aliphatic carbocycles. The molecule has 0 saturated carbocycles.